The largest absolute Gasteiger partial charge is 0.366 e. The van der Waals surface area contributed by atoms with Crippen LogP contribution in [0.5, 0.6) is 0 Å². The molecule has 15 heavy (non-hydrogen) atoms. The Balaban J connectivity index is 2.28. The molecule has 0 aromatic carbocycles. The van der Waals surface area contributed by atoms with Gasteiger partial charge in [0, 0.05) is 30.9 Å². The second kappa shape index (κ2) is 4.58. The maximum atomic E-state index is 6.13. The van der Waals surface area contributed by atoms with Crippen molar-refractivity contribution in [1.29, 1.82) is 0 Å². The Bertz CT molecular complexity index is 343. The molecule has 1 aliphatic heterocycles. The summed E-state index contributed by atoms with van der Waals surface area (Å²) in [4.78, 5) is 6.29. The number of hydrogen-bond donors (Lipinski definition) is 0. The van der Waals surface area contributed by atoms with Crippen LogP contribution in [0, 0.1) is 5.92 Å². The van der Waals surface area contributed by atoms with E-state index in [0.717, 1.165) is 12.2 Å². The van der Waals surface area contributed by atoms with Crippen LogP contribution < -0.4 is 4.90 Å². The van der Waals surface area contributed by atoms with E-state index >= 15 is 0 Å². The highest BCUT2D eigenvalue weighted by atomic mass is 35.5. The smallest absolute Gasteiger partial charge is 0.0822 e. The molecule has 1 fully saturated rings. The van der Waals surface area contributed by atoms with Crippen molar-refractivity contribution < 1.29 is 0 Å². The maximum absolute atomic E-state index is 6.13. The van der Waals surface area contributed by atoms with Gasteiger partial charge in [0.05, 0.1) is 10.7 Å². The molecular formula is C11H14Cl2N2. The standard InChI is InChI=1S/C11H14Cl2N2/c1-8-3-5-15(11(8)6-12)10-2-4-14-7-9(10)13/h2,4,7-8,11H,3,5-6H2,1H3. The number of nitrogens with zero attached hydrogens (tertiary/aromatic N) is 2. The predicted molar refractivity (Wildman–Crippen MR) is 64.9 cm³/mol. The lowest BCUT2D eigenvalue weighted by atomic mass is 10.0. The highest BCUT2D eigenvalue weighted by Gasteiger charge is 2.31. The predicted octanol–water partition coefficient (Wildman–Crippen LogP) is 3.19. The fourth-order valence-electron chi connectivity index (χ4n) is 2.14. The maximum Gasteiger partial charge on any atom is 0.0822 e. The monoisotopic (exact) mass is 244 g/mol. The summed E-state index contributed by atoms with van der Waals surface area (Å²) >= 11 is 12.1. The first-order chi connectivity index (χ1) is 7.24. The van der Waals surface area contributed by atoms with E-state index in [1.54, 1.807) is 12.4 Å². The molecule has 0 N–H and O–H groups in total. The zero-order valence-electron chi connectivity index (χ0n) is 8.66. The third kappa shape index (κ3) is 2.06. The zero-order valence-corrected chi connectivity index (χ0v) is 10.2. The third-order valence-corrected chi connectivity index (χ3v) is 3.71. The molecule has 0 bridgehead atoms. The molecule has 1 aliphatic rings. The Labute approximate surface area is 100 Å². The van der Waals surface area contributed by atoms with Crippen LogP contribution in [0.2, 0.25) is 5.02 Å². The summed E-state index contributed by atoms with van der Waals surface area (Å²) in [5, 5.41) is 0.710. The van der Waals surface area contributed by atoms with Crippen molar-refractivity contribution in [1.82, 2.24) is 4.98 Å². The second-order valence-electron chi connectivity index (χ2n) is 4.01. The van der Waals surface area contributed by atoms with Gasteiger partial charge in [-0.3, -0.25) is 4.98 Å². The summed E-state index contributed by atoms with van der Waals surface area (Å²) in [5.74, 6) is 1.28. The molecular weight excluding hydrogens is 231 g/mol. The highest BCUT2D eigenvalue weighted by Crippen LogP contribution is 2.33. The molecule has 2 heterocycles. The van der Waals surface area contributed by atoms with Crippen LogP contribution in [0.4, 0.5) is 5.69 Å². The first-order valence-electron chi connectivity index (χ1n) is 5.16. The highest BCUT2D eigenvalue weighted by molar-refractivity contribution is 6.33. The molecule has 0 spiro atoms. The Morgan fingerprint density at radius 2 is 2.40 bits per heavy atom. The summed E-state index contributed by atoms with van der Waals surface area (Å²) in [7, 11) is 0. The van der Waals surface area contributed by atoms with E-state index in [9.17, 15) is 0 Å². The lowest BCUT2D eigenvalue weighted by Crippen LogP contribution is -2.33. The molecule has 2 unspecified atom stereocenters. The number of alkyl halides is 1. The lowest BCUT2D eigenvalue weighted by molar-refractivity contribution is 0.550. The van der Waals surface area contributed by atoms with Crippen LogP contribution in [-0.2, 0) is 0 Å². The van der Waals surface area contributed by atoms with Gasteiger partial charge >= 0.3 is 0 Å². The van der Waals surface area contributed by atoms with Gasteiger partial charge in [-0.15, -0.1) is 11.6 Å². The Hall–Kier alpha value is -0.470. The van der Waals surface area contributed by atoms with E-state index in [2.05, 4.69) is 16.8 Å². The summed E-state index contributed by atoms with van der Waals surface area (Å²) in [6.45, 7) is 3.27. The Kier molecular flexibility index (Phi) is 3.37. The van der Waals surface area contributed by atoms with Crippen LogP contribution in [0.15, 0.2) is 18.5 Å². The molecule has 0 saturated carbocycles. The normalized spacial score (nSPS) is 25.9. The second-order valence-corrected chi connectivity index (χ2v) is 4.72. The SMILES string of the molecule is CC1CCN(c2ccncc2Cl)C1CCl. The molecule has 1 saturated heterocycles. The first-order valence-corrected chi connectivity index (χ1v) is 6.07. The quantitative estimate of drug-likeness (QED) is 0.744. The van der Waals surface area contributed by atoms with Gasteiger partial charge in [-0.1, -0.05) is 18.5 Å². The number of anilines is 1. The van der Waals surface area contributed by atoms with E-state index in [0.29, 0.717) is 22.9 Å². The molecule has 2 rings (SSSR count). The van der Waals surface area contributed by atoms with Crippen molar-refractivity contribution in [2.75, 3.05) is 17.3 Å². The van der Waals surface area contributed by atoms with Crippen LogP contribution >= 0.6 is 23.2 Å². The van der Waals surface area contributed by atoms with Gasteiger partial charge in [0.15, 0.2) is 0 Å². The molecule has 1 aromatic heterocycles. The summed E-state index contributed by atoms with van der Waals surface area (Å²) in [5.41, 5.74) is 1.06. The fraction of sp³-hybridized carbons (Fsp3) is 0.545. The number of halogens is 2. The molecule has 2 atom stereocenters. The molecule has 0 aliphatic carbocycles. The van der Waals surface area contributed by atoms with Crippen LogP contribution in [-0.4, -0.2) is 23.5 Å². The minimum atomic E-state index is 0.395. The van der Waals surface area contributed by atoms with Gasteiger partial charge in [0.25, 0.3) is 0 Å². The van der Waals surface area contributed by atoms with Gasteiger partial charge in [-0.05, 0) is 18.4 Å². The lowest BCUT2D eigenvalue weighted by Gasteiger charge is -2.27. The fourth-order valence-corrected chi connectivity index (χ4v) is 2.84. The van der Waals surface area contributed by atoms with Crippen LogP contribution in [0.25, 0.3) is 0 Å². The molecule has 0 amide bonds. The number of aromatic nitrogens is 1. The van der Waals surface area contributed by atoms with Gasteiger partial charge < -0.3 is 4.90 Å². The van der Waals surface area contributed by atoms with Crippen molar-refractivity contribution in [3.8, 4) is 0 Å². The molecule has 4 heteroatoms. The van der Waals surface area contributed by atoms with E-state index in [4.69, 9.17) is 23.2 Å². The van der Waals surface area contributed by atoms with Crippen molar-refractivity contribution in [3.05, 3.63) is 23.5 Å². The zero-order chi connectivity index (χ0) is 10.8. The van der Waals surface area contributed by atoms with E-state index in [-0.39, 0.29) is 0 Å². The van der Waals surface area contributed by atoms with Gasteiger partial charge in [-0.25, -0.2) is 0 Å². The minimum Gasteiger partial charge on any atom is -0.366 e. The van der Waals surface area contributed by atoms with Crippen molar-refractivity contribution >= 4 is 28.9 Å². The first kappa shape index (κ1) is 11.0. The minimum absolute atomic E-state index is 0.395. The van der Waals surface area contributed by atoms with E-state index in [1.807, 2.05) is 6.07 Å². The van der Waals surface area contributed by atoms with E-state index in [1.165, 1.54) is 6.42 Å². The number of rotatable bonds is 2. The van der Waals surface area contributed by atoms with E-state index < -0.39 is 0 Å². The topological polar surface area (TPSA) is 16.1 Å². The van der Waals surface area contributed by atoms with Crippen molar-refractivity contribution in [2.45, 2.75) is 19.4 Å². The van der Waals surface area contributed by atoms with Crippen LogP contribution in [0.3, 0.4) is 0 Å². The van der Waals surface area contributed by atoms with Gasteiger partial charge in [0.1, 0.15) is 0 Å². The average Bonchev–Trinajstić information content (AvgIpc) is 2.60. The van der Waals surface area contributed by atoms with Crippen LogP contribution in [0.1, 0.15) is 13.3 Å². The molecule has 2 nitrogen and oxygen atoms in total. The molecule has 82 valence electrons. The van der Waals surface area contributed by atoms with Crippen molar-refractivity contribution in [3.63, 3.8) is 0 Å². The number of pyridine rings is 1. The molecule has 0 radical (unpaired) electrons. The third-order valence-electron chi connectivity index (χ3n) is 3.10. The Morgan fingerprint density at radius 1 is 1.60 bits per heavy atom. The summed E-state index contributed by atoms with van der Waals surface area (Å²) in [6, 6.07) is 2.35. The summed E-state index contributed by atoms with van der Waals surface area (Å²) in [6.07, 6.45) is 4.64. The molecule has 1 aromatic rings. The van der Waals surface area contributed by atoms with Crippen molar-refractivity contribution in [2.24, 2.45) is 5.92 Å². The summed E-state index contributed by atoms with van der Waals surface area (Å²) < 4.78 is 0. The number of hydrogen-bond acceptors (Lipinski definition) is 2. The van der Waals surface area contributed by atoms with Gasteiger partial charge in [0.2, 0.25) is 0 Å². The average molecular weight is 245 g/mol. The Morgan fingerprint density at radius 3 is 3.07 bits per heavy atom. The van der Waals surface area contributed by atoms with Gasteiger partial charge in [-0.2, -0.15) is 0 Å².